The van der Waals surface area contributed by atoms with Gasteiger partial charge in [-0.05, 0) is 47.4 Å². The second-order valence-electron chi connectivity index (χ2n) is 4.82. The molecule has 1 aliphatic carbocycles. The quantitative estimate of drug-likeness (QED) is 0.861. The molecule has 0 saturated heterocycles. The first-order chi connectivity index (χ1) is 9.81. The van der Waals surface area contributed by atoms with Crippen molar-refractivity contribution in [2.45, 2.75) is 19.3 Å². The maximum atomic E-state index is 12.0. The Hall–Kier alpha value is -2.50. The number of allylic oxidation sites excluding steroid dienone is 2. The average Bonchev–Trinajstić information content (AvgIpc) is 3.11. The second kappa shape index (κ2) is 5.64. The molecule has 6 nitrogen and oxygen atoms in total. The summed E-state index contributed by atoms with van der Waals surface area (Å²) in [6.07, 6.45) is 8.45. The highest BCUT2D eigenvalue weighted by molar-refractivity contribution is 5.91. The van der Waals surface area contributed by atoms with E-state index in [2.05, 4.69) is 33.0 Å². The van der Waals surface area contributed by atoms with E-state index in [9.17, 15) is 4.79 Å². The van der Waals surface area contributed by atoms with Crippen molar-refractivity contribution in [3.8, 4) is 5.69 Å². The Labute approximate surface area is 116 Å². The Morgan fingerprint density at radius 2 is 2.40 bits per heavy atom. The zero-order chi connectivity index (χ0) is 13.8. The van der Waals surface area contributed by atoms with Crippen LogP contribution in [0.3, 0.4) is 0 Å². The van der Waals surface area contributed by atoms with Gasteiger partial charge in [0, 0.05) is 12.1 Å². The van der Waals surface area contributed by atoms with Crippen LogP contribution >= 0.6 is 0 Å². The lowest BCUT2D eigenvalue weighted by Gasteiger charge is -2.09. The number of hydrogen-bond donors (Lipinski definition) is 1. The molecule has 102 valence electrons. The molecule has 1 aliphatic rings. The van der Waals surface area contributed by atoms with Crippen LogP contribution in [0.1, 0.15) is 19.3 Å². The van der Waals surface area contributed by atoms with Gasteiger partial charge in [-0.1, -0.05) is 18.2 Å². The third-order valence-corrected chi connectivity index (χ3v) is 3.30. The molecule has 20 heavy (non-hydrogen) atoms. The van der Waals surface area contributed by atoms with Gasteiger partial charge in [-0.25, -0.2) is 4.68 Å². The molecule has 0 unspecified atom stereocenters. The van der Waals surface area contributed by atoms with Crippen LogP contribution in [0.15, 0.2) is 42.7 Å². The number of anilines is 1. The molecule has 0 bridgehead atoms. The summed E-state index contributed by atoms with van der Waals surface area (Å²) in [7, 11) is 0. The predicted octanol–water partition coefficient (Wildman–Crippen LogP) is 1.96. The molecule has 1 atom stereocenters. The summed E-state index contributed by atoms with van der Waals surface area (Å²) in [6.45, 7) is 0. The van der Waals surface area contributed by atoms with Gasteiger partial charge in [-0.15, -0.1) is 5.10 Å². The van der Waals surface area contributed by atoms with Crippen molar-refractivity contribution in [2.24, 2.45) is 5.92 Å². The molecule has 1 aromatic carbocycles. The molecule has 1 N–H and O–H groups in total. The Balaban J connectivity index is 1.66. The van der Waals surface area contributed by atoms with Gasteiger partial charge in [0.25, 0.3) is 0 Å². The van der Waals surface area contributed by atoms with E-state index in [0.29, 0.717) is 12.3 Å². The fraction of sp³-hybridized carbons (Fsp3) is 0.286. The van der Waals surface area contributed by atoms with Crippen molar-refractivity contribution in [1.82, 2.24) is 20.2 Å². The van der Waals surface area contributed by atoms with Crippen molar-refractivity contribution in [2.75, 3.05) is 5.32 Å². The van der Waals surface area contributed by atoms with E-state index < -0.39 is 0 Å². The van der Waals surface area contributed by atoms with Crippen molar-refractivity contribution < 1.29 is 4.79 Å². The van der Waals surface area contributed by atoms with E-state index in [0.717, 1.165) is 24.2 Å². The molecule has 1 heterocycles. The molecule has 6 heteroatoms. The summed E-state index contributed by atoms with van der Waals surface area (Å²) in [5, 5.41) is 13.9. The summed E-state index contributed by atoms with van der Waals surface area (Å²) in [5.41, 5.74) is 1.57. The normalized spacial score (nSPS) is 17.3. The molecule has 1 amide bonds. The fourth-order valence-electron chi connectivity index (χ4n) is 2.32. The first kappa shape index (κ1) is 12.5. The van der Waals surface area contributed by atoms with Crippen LogP contribution < -0.4 is 5.32 Å². The van der Waals surface area contributed by atoms with Crippen molar-refractivity contribution in [1.29, 1.82) is 0 Å². The SMILES string of the molecule is O=C(C[C@@H]1C=CCC1)Nc1cccc(-n2cnnn2)c1. The summed E-state index contributed by atoms with van der Waals surface area (Å²) in [4.78, 5) is 12.0. The minimum absolute atomic E-state index is 0.0374. The van der Waals surface area contributed by atoms with E-state index in [1.807, 2.05) is 24.3 Å². The Kier molecular flexibility index (Phi) is 3.54. The van der Waals surface area contributed by atoms with Crippen LogP contribution in [-0.2, 0) is 4.79 Å². The molecule has 0 radical (unpaired) electrons. The van der Waals surface area contributed by atoms with Crippen molar-refractivity contribution >= 4 is 11.6 Å². The number of carbonyl (C=O) groups is 1. The highest BCUT2D eigenvalue weighted by atomic mass is 16.1. The van der Waals surface area contributed by atoms with Crippen LogP contribution in [-0.4, -0.2) is 26.1 Å². The van der Waals surface area contributed by atoms with Gasteiger partial charge in [0.05, 0.1) is 5.69 Å². The van der Waals surface area contributed by atoms with Crippen LogP contribution in [0.25, 0.3) is 5.69 Å². The van der Waals surface area contributed by atoms with Crippen LogP contribution in [0.2, 0.25) is 0 Å². The zero-order valence-electron chi connectivity index (χ0n) is 10.9. The van der Waals surface area contributed by atoms with Gasteiger partial charge in [0.2, 0.25) is 5.91 Å². The number of carbonyl (C=O) groups excluding carboxylic acids is 1. The lowest BCUT2D eigenvalue weighted by Crippen LogP contribution is -2.15. The summed E-state index contributed by atoms with van der Waals surface area (Å²) < 4.78 is 1.55. The number of rotatable bonds is 4. The van der Waals surface area contributed by atoms with E-state index in [4.69, 9.17) is 0 Å². The maximum Gasteiger partial charge on any atom is 0.224 e. The Morgan fingerprint density at radius 3 is 3.15 bits per heavy atom. The molecule has 0 fully saturated rings. The molecule has 0 spiro atoms. The first-order valence-electron chi connectivity index (χ1n) is 6.61. The number of nitrogens with zero attached hydrogens (tertiary/aromatic N) is 4. The lowest BCUT2D eigenvalue weighted by molar-refractivity contribution is -0.116. The van der Waals surface area contributed by atoms with Crippen LogP contribution in [0.4, 0.5) is 5.69 Å². The predicted molar refractivity (Wildman–Crippen MR) is 74.3 cm³/mol. The third kappa shape index (κ3) is 2.90. The highest BCUT2D eigenvalue weighted by Gasteiger charge is 2.14. The topological polar surface area (TPSA) is 72.7 Å². The standard InChI is InChI=1S/C14H15N5O/c20-14(8-11-4-1-2-5-11)16-12-6-3-7-13(9-12)19-10-15-17-18-19/h1,3-4,6-7,9-11H,2,5,8H2,(H,16,20)/t11-/m1/s1. The molecule has 2 aromatic rings. The number of benzene rings is 1. The lowest BCUT2D eigenvalue weighted by atomic mass is 10.1. The van der Waals surface area contributed by atoms with Gasteiger partial charge in [-0.2, -0.15) is 0 Å². The maximum absolute atomic E-state index is 12.0. The minimum atomic E-state index is 0.0374. The van der Waals surface area contributed by atoms with Gasteiger partial charge in [0.15, 0.2) is 0 Å². The summed E-state index contributed by atoms with van der Waals surface area (Å²) in [6, 6.07) is 7.45. The largest absolute Gasteiger partial charge is 0.326 e. The number of aromatic nitrogens is 4. The Morgan fingerprint density at radius 1 is 1.45 bits per heavy atom. The molecule has 1 aromatic heterocycles. The molecular weight excluding hydrogens is 254 g/mol. The molecule has 3 rings (SSSR count). The monoisotopic (exact) mass is 269 g/mol. The number of nitrogens with one attached hydrogen (secondary N) is 1. The number of hydrogen-bond acceptors (Lipinski definition) is 4. The van der Waals surface area contributed by atoms with Crippen molar-refractivity contribution in [3.63, 3.8) is 0 Å². The van der Waals surface area contributed by atoms with Gasteiger partial charge in [-0.3, -0.25) is 4.79 Å². The molecule has 0 aliphatic heterocycles. The van der Waals surface area contributed by atoms with Crippen LogP contribution in [0.5, 0.6) is 0 Å². The van der Waals surface area contributed by atoms with Gasteiger partial charge >= 0.3 is 0 Å². The van der Waals surface area contributed by atoms with E-state index in [-0.39, 0.29) is 5.91 Å². The van der Waals surface area contributed by atoms with Gasteiger partial charge < -0.3 is 5.32 Å². The van der Waals surface area contributed by atoms with E-state index >= 15 is 0 Å². The number of tetrazole rings is 1. The Bertz CT molecular complexity index is 620. The smallest absolute Gasteiger partial charge is 0.224 e. The average molecular weight is 269 g/mol. The number of amides is 1. The minimum Gasteiger partial charge on any atom is -0.326 e. The second-order valence-corrected chi connectivity index (χ2v) is 4.82. The summed E-state index contributed by atoms with van der Waals surface area (Å²) in [5.74, 6) is 0.410. The van der Waals surface area contributed by atoms with E-state index in [1.54, 1.807) is 4.68 Å². The third-order valence-electron chi connectivity index (χ3n) is 3.30. The highest BCUT2D eigenvalue weighted by Crippen LogP contribution is 2.21. The first-order valence-corrected chi connectivity index (χ1v) is 6.61. The van der Waals surface area contributed by atoms with E-state index in [1.165, 1.54) is 6.33 Å². The summed E-state index contributed by atoms with van der Waals surface area (Å²) >= 11 is 0. The molecule has 0 saturated carbocycles. The van der Waals surface area contributed by atoms with Crippen molar-refractivity contribution in [3.05, 3.63) is 42.7 Å². The molecular formula is C14H15N5O. The van der Waals surface area contributed by atoms with Gasteiger partial charge in [0.1, 0.15) is 6.33 Å². The van der Waals surface area contributed by atoms with Crippen LogP contribution in [0, 0.1) is 5.92 Å². The fourth-order valence-corrected chi connectivity index (χ4v) is 2.32. The zero-order valence-corrected chi connectivity index (χ0v) is 10.9.